The number of rotatable bonds is 5. The van der Waals surface area contributed by atoms with Crippen molar-refractivity contribution in [2.45, 2.75) is 12.6 Å². The van der Waals surface area contributed by atoms with E-state index in [1.807, 2.05) is 59.2 Å². The Labute approximate surface area is 192 Å². The first-order valence-electron chi connectivity index (χ1n) is 11.1. The van der Waals surface area contributed by atoms with Crippen LogP contribution in [0.3, 0.4) is 0 Å². The number of benzene rings is 4. The minimum absolute atomic E-state index is 0.0500. The normalized spacial score (nSPS) is 12.4. The first-order chi connectivity index (χ1) is 16.3. The highest BCUT2D eigenvalue weighted by Gasteiger charge is 2.32. The molecule has 3 heteroatoms. The number of carbonyl (C=O) groups is 1. The van der Waals surface area contributed by atoms with Gasteiger partial charge in [0.15, 0.2) is 6.10 Å². The van der Waals surface area contributed by atoms with Gasteiger partial charge in [0.25, 0.3) is 0 Å². The van der Waals surface area contributed by atoms with Crippen molar-refractivity contribution in [3.8, 4) is 17.0 Å². The third kappa shape index (κ3) is 3.39. The number of fused-ring (bicyclic) bond motifs is 4. The van der Waals surface area contributed by atoms with Crippen LogP contribution in [0.1, 0.15) is 27.6 Å². The van der Waals surface area contributed by atoms with Gasteiger partial charge in [-0.1, -0.05) is 91.0 Å². The van der Waals surface area contributed by atoms with E-state index in [0.29, 0.717) is 11.4 Å². The molecule has 1 aliphatic carbocycles. The maximum Gasteiger partial charge on any atom is 0.369 e. The van der Waals surface area contributed by atoms with Crippen molar-refractivity contribution in [3.63, 3.8) is 0 Å². The van der Waals surface area contributed by atoms with Crippen molar-refractivity contribution < 1.29 is 14.1 Å². The summed E-state index contributed by atoms with van der Waals surface area (Å²) in [5, 5.41) is 1.07. The quantitative estimate of drug-likeness (QED) is 0.248. The molecule has 0 fully saturated rings. The van der Waals surface area contributed by atoms with Crippen LogP contribution in [0.4, 0.5) is 0 Å². The molecular weight excluding hydrogens is 406 g/mol. The van der Waals surface area contributed by atoms with E-state index < -0.39 is 0 Å². The Morgan fingerprint density at radius 3 is 2.00 bits per heavy atom. The number of nitrogens with zero attached hydrogens (tertiary/aromatic N) is 1. The molecule has 0 radical (unpaired) electrons. The summed E-state index contributed by atoms with van der Waals surface area (Å²) in [5.41, 5.74) is 6.36. The molecule has 0 aliphatic heterocycles. The molecular formula is C30H22NO2+. The number of ketones is 1. The maximum absolute atomic E-state index is 13.2. The Balaban J connectivity index is 1.46. The second kappa shape index (κ2) is 8.03. The predicted molar refractivity (Wildman–Crippen MR) is 129 cm³/mol. The smallest absolute Gasteiger partial charge is 0.369 e. The molecule has 1 heterocycles. The minimum Gasteiger partial charge on any atom is -0.431 e. The van der Waals surface area contributed by atoms with Gasteiger partial charge in [-0.2, -0.15) is 4.57 Å². The third-order valence-corrected chi connectivity index (χ3v) is 6.31. The van der Waals surface area contributed by atoms with Gasteiger partial charge in [-0.3, -0.25) is 4.79 Å². The highest BCUT2D eigenvalue weighted by atomic mass is 16.5. The molecule has 0 spiro atoms. The monoisotopic (exact) mass is 428 g/mol. The number of hydrogen-bond acceptors (Lipinski definition) is 2. The molecule has 0 bridgehead atoms. The van der Waals surface area contributed by atoms with Crippen LogP contribution >= 0.6 is 0 Å². The van der Waals surface area contributed by atoms with Crippen LogP contribution in [0.15, 0.2) is 115 Å². The Bertz CT molecular complexity index is 1440. The molecule has 0 N–H and O–H groups in total. The first kappa shape index (κ1) is 19.4. The summed E-state index contributed by atoms with van der Waals surface area (Å²) in [5.74, 6) is 0.725. The van der Waals surface area contributed by atoms with Crippen LogP contribution in [-0.4, -0.2) is 5.78 Å². The predicted octanol–water partition coefficient (Wildman–Crippen LogP) is 6.16. The Kier molecular flexibility index (Phi) is 4.73. The van der Waals surface area contributed by atoms with Crippen molar-refractivity contribution in [3.05, 3.63) is 132 Å². The van der Waals surface area contributed by atoms with Crippen LogP contribution < -0.4 is 9.30 Å². The lowest BCUT2D eigenvalue weighted by molar-refractivity contribution is -0.663. The molecule has 0 amide bonds. The second-order valence-corrected chi connectivity index (χ2v) is 8.28. The lowest BCUT2D eigenvalue weighted by Crippen LogP contribution is -2.41. The summed E-state index contributed by atoms with van der Waals surface area (Å²) in [7, 11) is 0. The largest absolute Gasteiger partial charge is 0.431 e. The average Bonchev–Trinajstić information content (AvgIpc) is 3.19. The Morgan fingerprint density at radius 2 is 1.27 bits per heavy atom. The zero-order valence-electron chi connectivity index (χ0n) is 18.0. The SMILES string of the molecule is O=C(C[n+]1c(OC2c3ccccc3-c3ccccc32)ccc2ccccc21)c1ccccc1. The maximum atomic E-state index is 13.2. The van der Waals surface area contributed by atoms with E-state index in [4.69, 9.17) is 4.74 Å². The Morgan fingerprint density at radius 1 is 0.667 bits per heavy atom. The molecule has 6 rings (SSSR count). The minimum atomic E-state index is -0.225. The highest BCUT2D eigenvalue weighted by molar-refractivity contribution is 5.95. The fraction of sp³-hybridized carbons (Fsp3) is 0.0667. The molecule has 3 nitrogen and oxygen atoms in total. The molecule has 0 saturated heterocycles. The van der Waals surface area contributed by atoms with Crippen LogP contribution in [0, 0.1) is 0 Å². The van der Waals surface area contributed by atoms with E-state index in [0.717, 1.165) is 22.0 Å². The molecule has 1 aromatic heterocycles. The number of para-hydroxylation sites is 1. The average molecular weight is 429 g/mol. The zero-order chi connectivity index (χ0) is 22.2. The van der Waals surface area contributed by atoms with Crippen LogP contribution in [0.25, 0.3) is 22.0 Å². The summed E-state index contributed by atoms with van der Waals surface area (Å²) < 4.78 is 8.71. The number of aromatic nitrogens is 1. The number of Topliss-reactive ketones (excluding diaryl/α,β-unsaturated/α-hetero) is 1. The third-order valence-electron chi connectivity index (χ3n) is 6.31. The van der Waals surface area contributed by atoms with Gasteiger partial charge in [0.05, 0.1) is 6.07 Å². The Hall–Kier alpha value is -4.24. The van der Waals surface area contributed by atoms with Gasteiger partial charge in [-0.05, 0) is 23.3 Å². The van der Waals surface area contributed by atoms with Gasteiger partial charge in [-0.25, -0.2) is 0 Å². The van der Waals surface area contributed by atoms with Gasteiger partial charge >= 0.3 is 5.88 Å². The first-order valence-corrected chi connectivity index (χ1v) is 11.1. The fourth-order valence-corrected chi connectivity index (χ4v) is 4.73. The lowest BCUT2D eigenvalue weighted by Gasteiger charge is -2.16. The summed E-state index contributed by atoms with van der Waals surface area (Å²) in [4.78, 5) is 13.2. The van der Waals surface area contributed by atoms with E-state index in [1.54, 1.807) is 0 Å². The molecule has 0 saturated carbocycles. The number of pyridine rings is 1. The van der Waals surface area contributed by atoms with E-state index in [9.17, 15) is 4.79 Å². The number of carbonyl (C=O) groups excluding carboxylic acids is 1. The molecule has 4 aromatic carbocycles. The molecule has 33 heavy (non-hydrogen) atoms. The summed E-state index contributed by atoms with van der Waals surface area (Å²) in [6.45, 7) is 0.205. The van der Waals surface area contributed by atoms with Gasteiger partial charge in [0.2, 0.25) is 17.8 Å². The van der Waals surface area contributed by atoms with E-state index >= 15 is 0 Å². The highest BCUT2D eigenvalue weighted by Crippen LogP contribution is 2.45. The number of ether oxygens (including phenoxy) is 1. The summed E-state index contributed by atoms with van der Waals surface area (Å²) >= 11 is 0. The van der Waals surface area contributed by atoms with E-state index in [-0.39, 0.29) is 18.4 Å². The topological polar surface area (TPSA) is 30.2 Å². The summed E-state index contributed by atoms with van der Waals surface area (Å²) in [6, 6.07) is 38.3. The van der Waals surface area contributed by atoms with Gasteiger partial charge in [-0.15, -0.1) is 0 Å². The van der Waals surface area contributed by atoms with Gasteiger partial charge < -0.3 is 4.74 Å². The van der Waals surface area contributed by atoms with E-state index in [1.165, 1.54) is 11.1 Å². The molecule has 0 unspecified atom stereocenters. The zero-order valence-corrected chi connectivity index (χ0v) is 18.0. The van der Waals surface area contributed by atoms with Crippen molar-refractivity contribution in [1.82, 2.24) is 0 Å². The molecule has 0 atom stereocenters. The van der Waals surface area contributed by atoms with Crippen molar-refractivity contribution in [1.29, 1.82) is 0 Å². The van der Waals surface area contributed by atoms with Crippen molar-refractivity contribution in [2.75, 3.05) is 0 Å². The van der Waals surface area contributed by atoms with Crippen LogP contribution in [0.2, 0.25) is 0 Å². The molecule has 5 aromatic rings. The summed E-state index contributed by atoms with van der Waals surface area (Å²) in [6.07, 6.45) is -0.225. The second-order valence-electron chi connectivity index (χ2n) is 8.28. The standard InChI is InChI=1S/C30H22NO2/c32-28(22-11-2-1-3-12-22)20-31-27-17-9-4-10-21(27)18-19-29(31)33-30-25-15-7-5-13-23(25)24-14-6-8-16-26(24)30/h1-19,30H,20H2/q+1. The van der Waals surface area contributed by atoms with E-state index in [2.05, 4.69) is 60.7 Å². The lowest BCUT2D eigenvalue weighted by atomic mass is 10.1. The molecule has 158 valence electrons. The van der Waals surface area contributed by atoms with Gasteiger partial charge in [0, 0.05) is 28.1 Å². The van der Waals surface area contributed by atoms with Gasteiger partial charge in [0.1, 0.15) is 0 Å². The van der Waals surface area contributed by atoms with Crippen molar-refractivity contribution in [2.24, 2.45) is 0 Å². The van der Waals surface area contributed by atoms with Crippen molar-refractivity contribution >= 4 is 16.7 Å². The molecule has 1 aliphatic rings. The van der Waals surface area contributed by atoms with Crippen LogP contribution in [-0.2, 0) is 6.54 Å². The van der Waals surface area contributed by atoms with Crippen LogP contribution in [0.5, 0.6) is 5.88 Å². The fourth-order valence-electron chi connectivity index (χ4n) is 4.73. The number of hydrogen-bond donors (Lipinski definition) is 0.